The standard InChI is InChI=1S/C17H21ClO3/c1-2-20-17(8-4-3-5-9-17)16(19)15-11-12-10-13(18)6-7-14(12)21-15/h6-7,10-11,16,19H,2-5,8-9H2,1H3. The topological polar surface area (TPSA) is 42.6 Å². The van der Waals surface area contributed by atoms with Crippen LogP contribution in [0.1, 0.15) is 50.9 Å². The van der Waals surface area contributed by atoms with Crippen molar-refractivity contribution in [2.45, 2.75) is 50.7 Å². The first-order chi connectivity index (χ1) is 10.1. The maximum absolute atomic E-state index is 10.8. The number of aliphatic hydroxyl groups is 1. The van der Waals surface area contributed by atoms with Gasteiger partial charge in [-0.1, -0.05) is 30.9 Å². The highest BCUT2D eigenvalue weighted by Gasteiger charge is 2.42. The number of benzene rings is 1. The molecule has 1 saturated carbocycles. The van der Waals surface area contributed by atoms with Gasteiger partial charge in [0.1, 0.15) is 23.0 Å². The molecular weight excluding hydrogens is 288 g/mol. The van der Waals surface area contributed by atoms with E-state index in [4.69, 9.17) is 20.8 Å². The van der Waals surface area contributed by atoms with E-state index in [0.717, 1.165) is 36.7 Å². The summed E-state index contributed by atoms with van der Waals surface area (Å²) in [5.74, 6) is 0.572. The van der Waals surface area contributed by atoms with Gasteiger partial charge in [-0.2, -0.15) is 0 Å². The van der Waals surface area contributed by atoms with Crippen molar-refractivity contribution in [3.8, 4) is 0 Å². The Kier molecular flexibility index (Phi) is 4.25. The van der Waals surface area contributed by atoms with Crippen molar-refractivity contribution >= 4 is 22.6 Å². The Labute approximate surface area is 129 Å². The SMILES string of the molecule is CCOC1(C(O)c2cc3cc(Cl)ccc3o2)CCCCC1. The molecule has 1 heterocycles. The Morgan fingerprint density at radius 1 is 1.29 bits per heavy atom. The second kappa shape index (κ2) is 5.99. The first-order valence-electron chi connectivity index (χ1n) is 7.66. The molecule has 0 saturated heterocycles. The molecule has 0 amide bonds. The lowest BCUT2D eigenvalue weighted by Gasteiger charge is -2.39. The minimum Gasteiger partial charge on any atom is -0.458 e. The number of aliphatic hydroxyl groups excluding tert-OH is 1. The number of furan rings is 1. The van der Waals surface area contributed by atoms with Gasteiger partial charge < -0.3 is 14.3 Å². The molecule has 1 aliphatic rings. The lowest BCUT2D eigenvalue weighted by molar-refractivity contribution is -0.147. The van der Waals surface area contributed by atoms with Crippen molar-refractivity contribution in [1.29, 1.82) is 0 Å². The van der Waals surface area contributed by atoms with Crippen molar-refractivity contribution < 1.29 is 14.3 Å². The highest BCUT2D eigenvalue weighted by atomic mass is 35.5. The summed E-state index contributed by atoms with van der Waals surface area (Å²) < 4.78 is 11.8. The minimum atomic E-state index is -0.732. The predicted molar refractivity (Wildman–Crippen MR) is 83.6 cm³/mol. The molecule has 114 valence electrons. The van der Waals surface area contributed by atoms with Crippen LogP contribution in [0.25, 0.3) is 11.0 Å². The van der Waals surface area contributed by atoms with Gasteiger partial charge in [0.15, 0.2) is 0 Å². The molecule has 1 unspecified atom stereocenters. The highest BCUT2D eigenvalue weighted by Crippen LogP contribution is 2.42. The van der Waals surface area contributed by atoms with Crippen molar-refractivity contribution in [3.63, 3.8) is 0 Å². The van der Waals surface area contributed by atoms with E-state index in [2.05, 4.69) is 0 Å². The fourth-order valence-corrected chi connectivity index (χ4v) is 3.54. The Hall–Kier alpha value is -1.03. The summed E-state index contributed by atoms with van der Waals surface area (Å²) in [5.41, 5.74) is 0.237. The van der Waals surface area contributed by atoms with Gasteiger partial charge in [0.2, 0.25) is 0 Å². The average Bonchev–Trinajstić information content (AvgIpc) is 2.90. The van der Waals surface area contributed by atoms with E-state index in [0.29, 0.717) is 17.4 Å². The highest BCUT2D eigenvalue weighted by molar-refractivity contribution is 6.31. The zero-order chi connectivity index (χ0) is 14.9. The van der Waals surface area contributed by atoms with E-state index in [1.54, 1.807) is 6.07 Å². The van der Waals surface area contributed by atoms with Crippen LogP contribution in [-0.2, 0) is 4.74 Å². The molecule has 0 aliphatic heterocycles. The number of fused-ring (bicyclic) bond motifs is 1. The molecule has 21 heavy (non-hydrogen) atoms. The Bertz CT molecular complexity index is 608. The first kappa shape index (κ1) is 14.9. The molecule has 0 radical (unpaired) electrons. The molecule has 0 spiro atoms. The average molecular weight is 309 g/mol. The third kappa shape index (κ3) is 2.83. The Morgan fingerprint density at radius 3 is 2.76 bits per heavy atom. The van der Waals surface area contributed by atoms with E-state index in [-0.39, 0.29) is 0 Å². The molecule has 1 aliphatic carbocycles. The van der Waals surface area contributed by atoms with E-state index in [1.807, 2.05) is 25.1 Å². The van der Waals surface area contributed by atoms with Crippen molar-refractivity contribution in [2.75, 3.05) is 6.61 Å². The van der Waals surface area contributed by atoms with Gasteiger partial charge in [-0.3, -0.25) is 0 Å². The summed E-state index contributed by atoms with van der Waals surface area (Å²) in [6.45, 7) is 2.57. The third-order valence-electron chi connectivity index (χ3n) is 4.40. The van der Waals surface area contributed by atoms with Gasteiger partial charge in [-0.05, 0) is 44.0 Å². The third-order valence-corrected chi connectivity index (χ3v) is 4.63. The smallest absolute Gasteiger partial charge is 0.140 e. The summed E-state index contributed by atoms with van der Waals surface area (Å²) in [4.78, 5) is 0. The summed E-state index contributed by atoms with van der Waals surface area (Å²) in [7, 11) is 0. The molecule has 4 heteroatoms. The van der Waals surface area contributed by atoms with Crippen LogP contribution in [0.3, 0.4) is 0 Å². The first-order valence-corrected chi connectivity index (χ1v) is 8.03. The van der Waals surface area contributed by atoms with E-state index < -0.39 is 11.7 Å². The monoisotopic (exact) mass is 308 g/mol. The number of hydrogen-bond donors (Lipinski definition) is 1. The van der Waals surface area contributed by atoms with Gasteiger partial charge in [0, 0.05) is 17.0 Å². The molecule has 1 fully saturated rings. The van der Waals surface area contributed by atoms with Crippen LogP contribution in [-0.4, -0.2) is 17.3 Å². The number of ether oxygens (including phenoxy) is 1. The van der Waals surface area contributed by atoms with Gasteiger partial charge in [0.05, 0.1) is 0 Å². The van der Waals surface area contributed by atoms with Crippen LogP contribution in [0.4, 0.5) is 0 Å². The molecule has 1 N–H and O–H groups in total. The zero-order valence-corrected chi connectivity index (χ0v) is 13.0. The van der Waals surface area contributed by atoms with Crippen LogP contribution in [0.5, 0.6) is 0 Å². The zero-order valence-electron chi connectivity index (χ0n) is 12.3. The van der Waals surface area contributed by atoms with Crippen LogP contribution in [0.2, 0.25) is 5.02 Å². The molecular formula is C17H21ClO3. The van der Waals surface area contributed by atoms with Crippen LogP contribution >= 0.6 is 11.6 Å². The van der Waals surface area contributed by atoms with Crippen LogP contribution in [0.15, 0.2) is 28.7 Å². The molecule has 1 aromatic heterocycles. The second-order valence-electron chi connectivity index (χ2n) is 5.79. The normalized spacial score (nSPS) is 19.8. The van der Waals surface area contributed by atoms with Crippen molar-refractivity contribution in [1.82, 2.24) is 0 Å². The van der Waals surface area contributed by atoms with Crippen LogP contribution < -0.4 is 0 Å². The Balaban J connectivity index is 1.95. The number of hydrogen-bond acceptors (Lipinski definition) is 3. The summed E-state index contributed by atoms with van der Waals surface area (Å²) in [6.07, 6.45) is 4.40. The lowest BCUT2D eigenvalue weighted by atomic mass is 9.79. The fraction of sp³-hybridized carbons (Fsp3) is 0.529. The Morgan fingerprint density at radius 2 is 2.05 bits per heavy atom. The fourth-order valence-electron chi connectivity index (χ4n) is 3.36. The van der Waals surface area contributed by atoms with Gasteiger partial charge in [-0.25, -0.2) is 0 Å². The maximum atomic E-state index is 10.8. The number of halogens is 1. The summed E-state index contributed by atoms with van der Waals surface area (Å²) >= 11 is 6.00. The largest absolute Gasteiger partial charge is 0.458 e. The van der Waals surface area contributed by atoms with E-state index in [1.165, 1.54) is 6.42 Å². The second-order valence-corrected chi connectivity index (χ2v) is 6.23. The van der Waals surface area contributed by atoms with Gasteiger partial charge >= 0.3 is 0 Å². The summed E-state index contributed by atoms with van der Waals surface area (Å²) in [6, 6.07) is 7.36. The quantitative estimate of drug-likeness (QED) is 0.877. The van der Waals surface area contributed by atoms with E-state index >= 15 is 0 Å². The van der Waals surface area contributed by atoms with Gasteiger partial charge in [0.25, 0.3) is 0 Å². The predicted octanol–water partition coefficient (Wildman–Crippen LogP) is 4.86. The molecule has 3 nitrogen and oxygen atoms in total. The molecule has 3 rings (SSSR count). The molecule has 2 aromatic rings. The lowest BCUT2D eigenvalue weighted by Crippen LogP contribution is -2.41. The summed E-state index contributed by atoms with van der Waals surface area (Å²) in [5, 5.41) is 12.4. The molecule has 1 aromatic carbocycles. The van der Waals surface area contributed by atoms with E-state index in [9.17, 15) is 5.11 Å². The number of rotatable bonds is 4. The van der Waals surface area contributed by atoms with Crippen molar-refractivity contribution in [2.24, 2.45) is 0 Å². The van der Waals surface area contributed by atoms with Gasteiger partial charge in [-0.15, -0.1) is 0 Å². The van der Waals surface area contributed by atoms with Crippen molar-refractivity contribution in [3.05, 3.63) is 35.0 Å². The maximum Gasteiger partial charge on any atom is 0.140 e. The molecule has 1 atom stereocenters. The minimum absolute atomic E-state index is 0.509. The van der Waals surface area contributed by atoms with Crippen LogP contribution in [0, 0.1) is 0 Å². The molecule has 0 bridgehead atoms.